The van der Waals surface area contributed by atoms with Crippen molar-refractivity contribution in [1.82, 2.24) is 15.4 Å². The van der Waals surface area contributed by atoms with Gasteiger partial charge in [0.1, 0.15) is 5.69 Å². The predicted molar refractivity (Wildman–Crippen MR) is 83.5 cm³/mol. The number of rotatable bonds is 5. The molecule has 1 aromatic carbocycles. The molecule has 0 aliphatic carbocycles. The molecule has 0 aliphatic heterocycles. The second kappa shape index (κ2) is 7.04. The summed E-state index contributed by atoms with van der Waals surface area (Å²) in [6.07, 6.45) is 1.50. The minimum atomic E-state index is -0.413. The molecule has 2 rings (SSSR count). The van der Waals surface area contributed by atoms with Crippen molar-refractivity contribution in [3.05, 3.63) is 45.1 Å². The van der Waals surface area contributed by atoms with Gasteiger partial charge >= 0.3 is 0 Å². The highest BCUT2D eigenvalue weighted by atomic mass is 79.9. The fraction of sp³-hybridized carbons (Fsp3) is 0.231. The van der Waals surface area contributed by atoms with Crippen molar-refractivity contribution in [3.8, 4) is 11.8 Å². The lowest BCUT2D eigenvalue weighted by molar-refractivity contribution is 0.352. The number of benzene rings is 1. The zero-order valence-electron chi connectivity index (χ0n) is 11.4. The van der Waals surface area contributed by atoms with E-state index in [0.29, 0.717) is 22.5 Å². The van der Waals surface area contributed by atoms with Gasteiger partial charge in [0, 0.05) is 4.47 Å². The van der Waals surface area contributed by atoms with Gasteiger partial charge in [-0.2, -0.15) is 4.98 Å². The number of nitrogens with two attached hydrogens (primary N) is 1. The summed E-state index contributed by atoms with van der Waals surface area (Å²) in [6, 6.07) is 5.10. The highest BCUT2D eigenvalue weighted by Crippen LogP contribution is 2.31. The quantitative estimate of drug-likeness (QED) is 0.619. The van der Waals surface area contributed by atoms with Gasteiger partial charge in [-0.1, -0.05) is 17.7 Å². The molecule has 1 unspecified atom stereocenters. The molecule has 0 amide bonds. The smallest absolute Gasteiger partial charge is 0.240 e. The Kier molecular flexibility index (Phi) is 5.35. The number of hydrogen-bond acceptors (Lipinski definition) is 6. The summed E-state index contributed by atoms with van der Waals surface area (Å²) in [6.45, 7) is 0. The van der Waals surface area contributed by atoms with Gasteiger partial charge < -0.3 is 9.47 Å². The van der Waals surface area contributed by atoms with Crippen LogP contribution in [0.15, 0.2) is 28.9 Å². The van der Waals surface area contributed by atoms with Crippen molar-refractivity contribution in [2.45, 2.75) is 6.04 Å². The van der Waals surface area contributed by atoms with E-state index >= 15 is 0 Å². The molecule has 0 bridgehead atoms. The minimum Gasteiger partial charge on any atom is -0.480 e. The van der Waals surface area contributed by atoms with Crippen LogP contribution in [0.1, 0.15) is 17.3 Å². The zero-order chi connectivity index (χ0) is 15.4. The summed E-state index contributed by atoms with van der Waals surface area (Å²) < 4.78 is 11.1. The van der Waals surface area contributed by atoms with Crippen LogP contribution in [0.25, 0.3) is 0 Å². The van der Waals surface area contributed by atoms with E-state index < -0.39 is 6.04 Å². The standard InChI is InChI=1S/C13H14BrClN4O2/c1-20-10-6-17-12(13(18-10)21-2)11(19-16)7-3-4-8(14)9(15)5-7/h3-6,11,19H,16H2,1-2H3. The average Bonchev–Trinajstić information content (AvgIpc) is 2.51. The monoisotopic (exact) mass is 372 g/mol. The SMILES string of the molecule is COc1cnc(C(NN)c2ccc(Br)c(Cl)c2)c(OC)n1. The Morgan fingerprint density at radius 2 is 2.10 bits per heavy atom. The molecule has 112 valence electrons. The molecule has 1 aromatic heterocycles. The molecule has 2 aromatic rings. The molecule has 0 spiro atoms. The van der Waals surface area contributed by atoms with Crippen molar-refractivity contribution in [1.29, 1.82) is 0 Å². The number of aromatic nitrogens is 2. The Hall–Kier alpha value is -1.41. The predicted octanol–water partition coefficient (Wildman–Crippen LogP) is 2.46. The molecule has 0 saturated heterocycles. The Morgan fingerprint density at radius 3 is 2.67 bits per heavy atom. The Morgan fingerprint density at radius 1 is 1.33 bits per heavy atom. The van der Waals surface area contributed by atoms with E-state index in [4.69, 9.17) is 26.9 Å². The second-order valence-corrected chi connectivity index (χ2v) is 5.34. The molecule has 0 saturated carbocycles. The molecular weight excluding hydrogens is 360 g/mol. The summed E-state index contributed by atoms with van der Waals surface area (Å²) in [5.74, 6) is 6.35. The highest BCUT2D eigenvalue weighted by molar-refractivity contribution is 9.10. The summed E-state index contributed by atoms with van der Waals surface area (Å²) in [7, 11) is 3.02. The van der Waals surface area contributed by atoms with E-state index in [1.807, 2.05) is 12.1 Å². The van der Waals surface area contributed by atoms with Gasteiger partial charge in [-0.15, -0.1) is 0 Å². The average molecular weight is 374 g/mol. The van der Waals surface area contributed by atoms with E-state index in [-0.39, 0.29) is 0 Å². The van der Waals surface area contributed by atoms with Crippen LogP contribution in [0.3, 0.4) is 0 Å². The van der Waals surface area contributed by atoms with E-state index in [9.17, 15) is 0 Å². The van der Waals surface area contributed by atoms with Crippen LogP contribution in [-0.2, 0) is 0 Å². The number of hydrazine groups is 1. The maximum absolute atomic E-state index is 6.12. The first-order chi connectivity index (χ1) is 10.1. The Bertz CT molecular complexity index is 642. The molecular formula is C13H14BrClN4O2. The topological polar surface area (TPSA) is 82.3 Å². The van der Waals surface area contributed by atoms with Crippen molar-refractivity contribution in [2.75, 3.05) is 14.2 Å². The Labute approximate surface area is 135 Å². The molecule has 3 N–H and O–H groups in total. The summed E-state index contributed by atoms with van der Waals surface area (Å²) >= 11 is 9.47. The minimum absolute atomic E-state index is 0.330. The van der Waals surface area contributed by atoms with Gasteiger partial charge in [0.15, 0.2) is 0 Å². The third-order valence-corrected chi connectivity index (χ3v) is 4.10. The summed E-state index contributed by atoms with van der Waals surface area (Å²) in [4.78, 5) is 8.51. The molecule has 1 atom stereocenters. The first kappa shape index (κ1) is 16.0. The lowest BCUT2D eigenvalue weighted by Gasteiger charge is -2.18. The summed E-state index contributed by atoms with van der Waals surface area (Å²) in [5, 5.41) is 0.577. The summed E-state index contributed by atoms with van der Waals surface area (Å²) in [5.41, 5.74) is 4.07. The van der Waals surface area contributed by atoms with Gasteiger partial charge in [0.05, 0.1) is 31.5 Å². The molecule has 6 nitrogen and oxygen atoms in total. The number of ether oxygens (including phenoxy) is 2. The van der Waals surface area contributed by atoms with Crippen molar-refractivity contribution in [3.63, 3.8) is 0 Å². The van der Waals surface area contributed by atoms with Crippen LogP contribution in [-0.4, -0.2) is 24.2 Å². The van der Waals surface area contributed by atoms with Crippen LogP contribution in [0.4, 0.5) is 0 Å². The zero-order valence-corrected chi connectivity index (χ0v) is 13.8. The molecule has 8 heteroatoms. The van der Waals surface area contributed by atoms with E-state index in [2.05, 4.69) is 31.3 Å². The molecule has 0 fully saturated rings. The highest BCUT2D eigenvalue weighted by Gasteiger charge is 2.21. The number of nitrogens with zero attached hydrogens (tertiary/aromatic N) is 2. The maximum atomic E-state index is 6.12. The van der Waals surface area contributed by atoms with E-state index in [0.717, 1.165) is 10.0 Å². The first-order valence-corrected chi connectivity index (χ1v) is 7.13. The van der Waals surface area contributed by atoms with E-state index in [1.165, 1.54) is 20.4 Å². The van der Waals surface area contributed by atoms with Crippen molar-refractivity contribution < 1.29 is 9.47 Å². The number of methoxy groups -OCH3 is 2. The lowest BCUT2D eigenvalue weighted by atomic mass is 10.0. The first-order valence-electron chi connectivity index (χ1n) is 5.96. The molecule has 1 heterocycles. The van der Waals surface area contributed by atoms with Crippen molar-refractivity contribution >= 4 is 27.5 Å². The fourth-order valence-electron chi connectivity index (χ4n) is 1.84. The molecule has 21 heavy (non-hydrogen) atoms. The van der Waals surface area contributed by atoms with Crippen LogP contribution in [0.2, 0.25) is 5.02 Å². The third kappa shape index (κ3) is 3.44. The number of halogens is 2. The van der Waals surface area contributed by atoms with Gasteiger partial charge in [-0.3, -0.25) is 5.84 Å². The largest absolute Gasteiger partial charge is 0.480 e. The van der Waals surface area contributed by atoms with Crippen LogP contribution < -0.4 is 20.7 Å². The van der Waals surface area contributed by atoms with Crippen molar-refractivity contribution in [2.24, 2.45) is 5.84 Å². The Balaban J connectivity index is 2.47. The van der Waals surface area contributed by atoms with Crippen LogP contribution >= 0.6 is 27.5 Å². The maximum Gasteiger partial charge on any atom is 0.240 e. The third-order valence-electron chi connectivity index (χ3n) is 2.86. The van der Waals surface area contributed by atoms with Crippen LogP contribution in [0, 0.1) is 0 Å². The van der Waals surface area contributed by atoms with Gasteiger partial charge in [0.25, 0.3) is 0 Å². The fourth-order valence-corrected chi connectivity index (χ4v) is 2.27. The normalized spacial score (nSPS) is 12.0. The molecule has 0 radical (unpaired) electrons. The second-order valence-electron chi connectivity index (χ2n) is 4.08. The lowest BCUT2D eigenvalue weighted by Crippen LogP contribution is -2.30. The van der Waals surface area contributed by atoms with Gasteiger partial charge in [-0.05, 0) is 33.6 Å². The number of hydrogen-bond donors (Lipinski definition) is 2. The van der Waals surface area contributed by atoms with Gasteiger partial charge in [0.2, 0.25) is 11.8 Å². The van der Waals surface area contributed by atoms with Gasteiger partial charge in [-0.25, -0.2) is 10.4 Å². The number of nitrogens with one attached hydrogen (secondary N) is 1. The van der Waals surface area contributed by atoms with Crippen LogP contribution in [0.5, 0.6) is 11.8 Å². The molecule has 0 aliphatic rings. The van der Waals surface area contributed by atoms with E-state index in [1.54, 1.807) is 6.07 Å².